The van der Waals surface area contributed by atoms with Crippen LogP contribution in [0.2, 0.25) is 5.15 Å². The van der Waals surface area contributed by atoms with Gasteiger partial charge < -0.3 is 5.73 Å². The lowest BCUT2D eigenvalue weighted by atomic mass is 9.93. The molecule has 1 aromatic rings. The summed E-state index contributed by atoms with van der Waals surface area (Å²) in [6, 6.07) is 1.51. The summed E-state index contributed by atoms with van der Waals surface area (Å²) in [6.07, 6.45) is 3.32. The second-order valence-electron chi connectivity index (χ2n) is 4.38. The van der Waals surface area contributed by atoms with Crippen LogP contribution in [-0.4, -0.2) is 11.5 Å². The molecule has 2 rings (SSSR count). The van der Waals surface area contributed by atoms with Crippen molar-refractivity contribution < 1.29 is 8.78 Å². The first-order chi connectivity index (χ1) is 8.04. The van der Waals surface area contributed by atoms with Crippen LogP contribution < -0.4 is 5.73 Å². The molecule has 1 aromatic heterocycles. The van der Waals surface area contributed by atoms with Crippen molar-refractivity contribution in [1.82, 2.24) is 4.98 Å². The zero-order chi connectivity index (χ0) is 12.5. The van der Waals surface area contributed by atoms with Crippen molar-refractivity contribution in [3.05, 3.63) is 28.0 Å². The highest BCUT2D eigenvalue weighted by Crippen LogP contribution is 2.37. The Kier molecular flexibility index (Phi) is 3.64. The second kappa shape index (κ2) is 4.86. The Labute approximate surface area is 104 Å². The van der Waals surface area contributed by atoms with Gasteiger partial charge in [0.05, 0.1) is 5.56 Å². The Morgan fingerprint density at radius 1 is 1.35 bits per heavy atom. The van der Waals surface area contributed by atoms with Crippen molar-refractivity contribution in [3.8, 4) is 0 Å². The van der Waals surface area contributed by atoms with E-state index in [0.717, 1.165) is 36.9 Å². The SMILES string of the molecule is NCCC(F)(F)c1cc2c(nc1Cl)CCCC2. The molecule has 0 aromatic carbocycles. The number of alkyl halides is 2. The molecule has 2 nitrogen and oxygen atoms in total. The fourth-order valence-electron chi connectivity index (χ4n) is 2.18. The number of pyridine rings is 1. The molecule has 0 saturated heterocycles. The normalized spacial score (nSPS) is 15.8. The van der Waals surface area contributed by atoms with Gasteiger partial charge in [-0.1, -0.05) is 11.6 Å². The van der Waals surface area contributed by atoms with Crippen LogP contribution in [0.15, 0.2) is 6.07 Å². The molecular weight excluding hydrogens is 246 g/mol. The van der Waals surface area contributed by atoms with Crippen molar-refractivity contribution in [2.45, 2.75) is 38.0 Å². The fraction of sp³-hybridized carbons (Fsp3) is 0.583. The predicted octanol–water partition coefficient (Wildman–Crippen LogP) is 3.05. The van der Waals surface area contributed by atoms with E-state index >= 15 is 0 Å². The molecule has 94 valence electrons. The molecule has 1 aliphatic carbocycles. The van der Waals surface area contributed by atoms with Crippen LogP contribution in [0.25, 0.3) is 0 Å². The smallest absolute Gasteiger partial charge is 0.277 e. The van der Waals surface area contributed by atoms with Crippen molar-refractivity contribution in [3.63, 3.8) is 0 Å². The Bertz CT molecular complexity index is 421. The molecule has 1 heterocycles. The molecule has 0 amide bonds. The standard InChI is InChI=1S/C12H15ClF2N2/c13-11-9(12(14,15)5-6-16)7-8-3-1-2-4-10(8)17-11/h7H,1-6,16H2. The Balaban J connectivity index is 2.41. The van der Waals surface area contributed by atoms with E-state index in [1.165, 1.54) is 6.07 Å². The lowest BCUT2D eigenvalue weighted by Gasteiger charge is -2.21. The minimum atomic E-state index is -2.98. The maximum absolute atomic E-state index is 13.8. The average molecular weight is 261 g/mol. The zero-order valence-corrected chi connectivity index (χ0v) is 10.2. The van der Waals surface area contributed by atoms with Gasteiger partial charge in [-0.25, -0.2) is 13.8 Å². The van der Waals surface area contributed by atoms with Gasteiger partial charge in [-0.05, 0) is 43.9 Å². The number of halogens is 3. The van der Waals surface area contributed by atoms with Crippen LogP contribution in [-0.2, 0) is 18.8 Å². The van der Waals surface area contributed by atoms with E-state index in [0.29, 0.717) is 0 Å². The maximum atomic E-state index is 13.8. The van der Waals surface area contributed by atoms with E-state index in [1.807, 2.05) is 0 Å². The summed E-state index contributed by atoms with van der Waals surface area (Å²) >= 11 is 5.85. The molecule has 0 radical (unpaired) electrons. The van der Waals surface area contributed by atoms with Crippen LogP contribution >= 0.6 is 11.6 Å². The number of rotatable bonds is 3. The minimum Gasteiger partial charge on any atom is -0.330 e. The van der Waals surface area contributed by atoms with E-state index < -0.39 is 12.3 Å². The third kappa shape index (κ3) is 2.58. The summed E-state index contributed by atoms with van der Waals surface area (Å²) in [7, 11) is 0. The summed E-state index contributed by atoms with van der Waals surface area (Å²) in [6.45, 7) is -0.0690. The Hall–Kier alpha value is -0.740. The summed E-state index contributed by atoms with van der Waals surface area (Å²) in [5.41, 5.74) is 6.80. The van der Waals surface area contributed by atoms with Gasteiger partial charge in [-0.3, -0.25) is 0 Å². The van der Waals surface area contributed by atoms with Gasteiger partial charge in [0, 0.05) is 12.1 Å². The molecule has 0 atom stereocenters. The first-order valence-corrected chi connectivity index (χ1v) is 6.19. The molecule has 17 heavy (non-hydrogen) atoms. The third-order valence-electron chi connectivity index (χ3n) is 3.11. The fourth-order valence-corrected chi connectivity index (χ4v) is 2.48. The first kappa shape index (κ1) is 12.7. The summed E-state index contributed by atoms with van der Waals surface area (Å²) < 4.78 is 27.6. The van der Waals surface area contributed by atoms with Crippen molar-refractivity contribution in [1.29, 1.82) is 0 Å². The minimum absolute atomic E-state index is 0.0690. The largest absolute Gasteiger partial charge is 0.330 e. The predicted molar refractivity (Wildman–Crippen MR) is 63.5 cm³/mol. The number of fused-ring (bicyclic) bond motifs is 1. The molecule has 1 aliphatic rings. The molecule has 5 heteroatoms. The van der Waals surface area contributed by atoms with Crippen LogP contribution in [0.1, 0.15) is 36.1 Å². The summed E-state index contributed by atoms with van der Waals surface area (Å²) in [5, 5.41) is -0.0795. The second-order valence-corrected chi connectivity index (χ2v) is 4.74. The third-order valence-corrected chi connectivity index (χ3v) is 3.39. The highest BCUT2D eigenvalue weighted by atomic mass is 35.5. The molecule has 2 N–H and O–H groups in total. The molecule has 0 fully saturated rings. The van der Waals surface area contributed by atoms with E-state index in [4.69, 9.17) is 17.3 Å². The van der Waals surface area contributed by atoms with Crippen molar-refractivity contribution >= 4 is 11.6 Å². The van der Waals surface area contributed by atoms with Gasteiger partial charge in [0.15, 0.2) is 0 Å². The Morgan fingerprint density at radius 2 is 2.06 bits per heavy atom. The quantitative estimate of drug-likeness (QED) is 0.849. The van der Waals surface area contributed by atoms with E-state index in [-0.39, 0.29) is 17.3 Å². The van der Waals surface area contributed by atoms with Crippen molar-refractivity contribution in [2.75, 3.05) is 6.54 Å². The monoisotopic (exact) mass is 260 g/mol. The molecule has 0 aliphatic heterocycles. The number of nitrogens with two attached hydrogens (primary N) is 1. The number of aromatic nitrogens is 1. The highest BCUT2D eigenvalue weighted by molar-refractivity contribution is 6.30. The number of hydrogen-bond acceptors (Lipinski definition) is 2. The van der Waals surface area contributed by atoms with Gasteiger partial charge >= 0.3 is 0 Å². The van der Waals surface area contributed by atoms with E-state index in [1.54, 1.807) is 0 Å². The zero-order valence-electron chi connectivity index (χ0n) is 9.48. The summed E-state index contributed by atoms with van der Waals surface area (Å²) in [5.74, 6) is -2.98. The van der Waals surface area contributed by atoms with Gasteiger partial charge in [0.25, 0.3) is 5.92 Å². The summed E-state index contributed by atoms with van der Waals surface area (Å²) in [4.78, 5) is 4.11. The molecule has 0 bridgehead atoms. The number of hydrogen-bond donors (Lipinski definition) is 1. The van der Waals surface area contributed by atoms with Gasteiger partial charge in [0.1, 0.15) is 5.15 Å². The van der Waals surface area contributed by atoms with E-state index in [9.17, 15) is 8.78 Å². The van der Waals surface area contributed by atoms with Crippen molar-refractivity contribution in [2.24, 2.45) is 5.73 Å². The topological polar surface area (TPSA) is 38.9 Å². The van der Waals surface area contributed by atoms with Gasteiger partial charge in [0.2, 0.25) is 0 Å². The molecular formula is C12H15ClF2N2. The van der Waals surface area contributed by atoms with Crippen LogP contribution in [0, 0.1) is 0 Å². The van der Waals surface area contributed by atoms with Crippen LogP contribution in [0.5, 0.6) is 0 Å². The molecule has 0 spiro atoms. The first-order valence-electron chi connectivity index (χ1n) is 5.81. The van der Waals surface area contributed by atoms with Crippen LogP contribution in [0.3, 0.4) is 0 Å². The number of aryl methyl sites for hydroxylation is 2. The molecule has 0 saturated carbocycles. The number of nitrogens with zero attached hydrogens (tertiary/aromatic N) is 1. The average Bonchev–Trinajstić information content (AvgIpc) is 2.27. The van der Waals surface area contributed by atoms with E-state index in [2.05, 4.69) is 4.98 Å². The lowest BCUT2D eigenvalue weighted by Crippen LogP contribution is -2.21. The Morgan fingerprint density at radius 3 is 2.76 bits per heavy atom. The van der Waals surface area contributed by atoms with Gasteiger partial charge in [-0.15, -0.1) is 0 Å². The van der Waals surface area contributed by atoms with Gasteiger partial charge in [-0.2, -0.15) is 0 Å². The molecule has 0 unspecified atom stereocenters. The van der Waals surface area contributed by atoms with Crippen LogP contribution in [0.4, 0.5) is 8.78 Å². The maximum Gasteiger partial charge on any atom is 0.277 e. The lowest BCUT2D eigenvalue weighted by molar-refractivity contribution is -0.0110. The highest BCUT2D eigenvalue weighted by Gasteiger charge is 2.34.